The highest BCUT2D eigenvalue weighted by Crippen LogP contribution is 2.33. The minimum Gasteiger partial charge on any atom is -0.465 e. The van der Waals surface area contributed by atoms with E-state index < -0.39 is 12.0 Å². The van der Waals surface area contributed by atoms with Crippen LogP contribution in [0.2, 0.25) is 0 Å². The second kappa shape index (κ2) is 7.13. The van der Waals surface area contributed by atoms with Crippen molar-refractivity contribution in [2.45, 2.75) is 19.9 Å². The maximum Gasteiger partial charge on any atom is 0.338 e. The van der Waals surface area contributed by atoms with Gasteiger partial charge in [0, 0.05) is 11.0 Å². The Bertz CT molecular complexity index is 1180. The molecule has 0 radical (unpaired) electrons. The molecule has 0 aliphatic carbocycles. The lowest BCUT2D eigenvalue weighted by molar-refractivity contribution is -0.139. The van der Waals surface area contributed by atoms with Crippen LogP contribution in [0.4, 0.5) is 0 Å². The number of ether oxygens (including phenoxy) is 1. The van der Waals surface area contributed by atoms with Crippen LogP contribution in [0.5, 0.6) is 0 Å². The summed E-state index contributed by atoms with van der Waals surface area (Å²) in [5, 5.41) is 1.92. The molecule has 8 heteroatoms. The van der Waals surface area contributed by atoms with Gasteiger partial charge in [-0.05, 0) is 37.4 Å². The van der Waals surface area contributed by atoms with Gasteiger partial charge in [0.1, 0.15) is 11.8 Å². The van der Waals surface area contributed by atoms with Gasteiger partial charge in [-0.2, -0.15) is 0 Å². The Balaban J connectivity index is 1.96. The quantitative estimate of drug-likeness (QED) is 0.631. The summed E-state index contributed by atoms with van der Waals surface area (Å²) in [4.78, 5) is 31.7. The molecule has 0 aromatic carbocycles. The van der Waals surface area contributed by atoms with E-state index in [1.807, 2.05) is 17.5 Å². The number of thiazole rings is 1. The van der Waals surface area contributed by atoms with Crippen molar-refractivity contribution in [1.29, 1.82) is 0 Å². The number of hydrogen-bond donors (Lipinski definition) is 0. The number of fused-ring (bicyclic) bond motifs is 1. The Hall–Kier alpha value is -2.71. The lowest BCUT2D eigenvalue weighted by atomic mass is 10.0. The molecule has 4 heterocycles. The summed E-state index contributed by atoms with van der Waals surface area (Å²) < 4.78 is 12.6. The summed E-state index contributed by atoms with van der Waals surface area (Å²) in [5.74, 6) is 0.145. The van der Waals surface area contributed by atoms with Crippen LogP contribution in [0.15, 0.2) is 61.4 Å². The maximum absolute atomic E-state index is 13.1. The van der Waals surface area contributed by atoms with Gasteiger partial charge in [-0.3, -0.25) is 9.36 Å². The Kier molecular flexibility index (Phi) is 4.67. The number of aromatic nitrogens is 1. The summed E-state index contributed by atoms with van der Waals surface area (Å²) in [6.07, 6.45) is 3.25. The Morgan fingerprint density at radius 3 is 2.93 bits per heavy atom. The van der Waals surface area contributed by atoms with Crippen molar-refractivity contribution in [3.8, 4) is 0 Å². The molecule has 1 aliphatic heterocycles. The number of hydrogen-bond acceptors (Lipinski definition) is 7. The minimum atomic E-state index is -0.543. The van der Waals surface area contributed by atoms with E-state index in [2.05, 4.69) is 4.99 Å². The normalized spacial score (nSPS) is 17.0. The molecule has 0 unspecified atom stereocenters. The van der Waals surface area contributed by atoms with Crippen molar-refractivity contribution in [2.24, 2.45) is 4.99 Å². The van der Waals surface area contributed by atoms with Gasteiger partial charge in [-0.15, -0.1) is 11.3 Å². The largest absolute Gasteiger partial charge is 0.465 e. The predicted octanol–water partition coefficient (Wildman–Crippen LogP) is 2.45. The van der Waals surface area contributed by atoms with Gasteiger partial charge in [-0.25, -0.2) is 9.79 Å². The molecule has 3 aromatic heterocycles. The Morgan fingerprint density at radius 1 is 1.41 bits per heavy atom. The number of rotatable bonds is 4. The minimum absolute atomic E-state index is 0.206. The third-order valence-corrected chi connectivity index (χ3v) is 6.05. The highest BCUT2D eigenvalue weighted by Gasteiger charge is 2.33. The van der Waals surface area contributed by atoms with E-state index in [-0.39, 0.29) is 12.2 Å². The summed E-state index contributed by atoms with van der Waals surface area (Å²) in [6.45, 7) is 3.79. The fourth-order valence-electron chi connectivity index (χ4n) is 3.01. The van der Waals surface area contributed by atoms with E-state index in [0.717, 1.165) is 4.88 Å². The molecular weight excluding hydrogens is 384 g/mol. The van der Waals surface area contributed by atoms with Gasteiger partial charge in [0.25, 0.3) is 5.56 Å². The van der Waals surface area contributed by atoms with Crippen molar-refractivity contribution in [3.63, 3.8) is 0 Å². The SMILES string of the molecule is CCOC(=O)C1=C(C)N=c2s/c(=C\c3ccco3)c(=O)n2[C@H]1c1cccs1. The van der Waals surface area contributed by atoms with Gasteiger partial charge in [0.05, 0.1) is 28.7 Å². The number of allylic oxidation sites excluding steroid dienone is 1. The monoisotopic (exact) mass is 400 g/mol. The first-order chi connectivity index (χ1) is 13.1. The molecule has 3 aromatic rings. The lowest BCUT2D eigenvalue weighted by Crippen LogP contribution is -2.39. The second-order valence-electron chi connectivity index (χ2n) is 5.83. The highest BCUT2D eigenvalue weighted by atomic mass is 32.1. The van der Waals surface area contributed by atoms with E-state index in [9.17, 15) is 9.59 Å². The van der Waals surface area contributed by atoms with E-state index in [0.29, 0.717) is 26.4 Å². The van der Waals surface area contributed by atoms with Crippen molar-refractivity contribution in [1.82, 2.24) is 4.57 Å². The molecule has 4 rings (SSSR count). The van der Waals surface area contributed by atoms with E-state index in [4.69, 9.17) is 9.15 Å². The van der Waals surface area contributed by atoms with Crippen LogP contribution in [0.25, 0.3) is 6.08 Å². The number of thiophene rings is 1. The number of nitrogens with zero attached hydrogens (tertiary/aromatic N) is 2. The zero-order valence-electron chi connectivity index (χ0n) is 14.7. The number of furan rings is 1. The zero-order chi connectivity index (χ0) is 19.0. The molecule has 0 fully saturated rings. The third-order valence-electron chi connectivity index (χ3n) is 4.15. The molecular formula is C19H16N2O4S2. The number of carbonyl (C=O) groups excluding carboxylic acids is 1. The van der Waals surface area contributed by atoms with Crippen molar-refractivity contribution < 1.29 is 13.9 Å². The zero-order valence-corrected chi connectivity index (χ0v) is 16.3. The first kappa shape index (κ1) is 17.7. The van der Waals surface area contributed by atoms with E-state index in [1.54, 1.807) is 42.9 Å². The number of carbonyl (C=O) groups is 1. The maximum atomic E-state index is 13.1. The summed E-state index contributed by atoms with van der Waals surface area (Å²) in [5.41, 5.74) is 0.761. The first-order valence-electron chi connectivity index (χ1n) is 8.36. The average molecular weight is 400 g/mol. The van der Waals surface area contributed by atoms with Crippen molar-refractivity contribution in [2.75, 3.05) is 6.61 Å². The molecule has 27 heavy (non-hydrogen) atoms. The van der Waals surface area contributed by atoms with Gasteiger partial charge in [0.15, 0.2) is 4.80 Å². The van der Waals surface area contributed by atoms with Crippen LogP contribution in [-0.4, -0.2) is 17.1 Å². The van der Waals surface area contributed by atoms with Crippen molar-refractivity contribution >= 4 is 34.7 Å². The molecule has 0 spiro atoms. The molecule has 6 nitrogen and oxygen atoms in total. The Labute approximate surface area is 162 Å². The van der Waals surface area contributed by atoms with E-state index in [1.165, 1.54) is 22.7 Å². The number of esters is 1. The van der Waals surface area contributed by atoms with Crippen LogP contribution in [0, 0.1) is 0 Å². The summed E-state index contributed by atoms with van der Waals surface area (Å²) in [6, 6.07) is 6.82. The van der Waals surface area contributed by atoms with Gasteiger partial charge < -0.3 is 9.15 Å². The predicted molar refractivity (Wildman–Crippen MR) is 103 cm³/mol. The smallest absolute Gasteiger partial charge is 0.338 e. The molecule has 1 aliphatic rings. The van der Waals surface area contributed by atoms with Crippen molar-refractivity contribution in [3.05, 3.63) is 77.5 Å². The fourth-order valence-corrected chi connectivity index (χ4v) is 4.86. The van der Waals surface area contributed by atoms with Crippen LogP contribution < -0.4 is 14.9 Å². The molecule has 0 saturated carbocycles. The second-order valence-corrected chi connectivity index (χ2v) is 7.82. The first-order valence-corrected chi connectivity index (χ1v) is 10.1. The fraction of sp³-hybridized carbons (Fsp3) is 0.211. The molecule has 0 N–H and O–H groups in total. The average Bonchev–Trinajstić information content (AvgIpc) is 3.38. The molecule has 1 atom stereocenters. The third kappa shape index (κ3) is 3.11. The molecule has 0 bridgehead atoms. The lowest BCUT2D eigenvalue weighted by Gasteiger charge is -2.23. The van der Waals surface area contributed by atoms with E-state index >= 15 is 0 Å². The molecule has 138 valence electrons. The van der Waals surface area contributed by atoms with Gasteiger partial charge >= 0.3 is 5.97 Å². The van der Waals surface area contributed by atoms with Gasteiger partial charge in [0.2, 0.25) is 0 Å². The molecule has 0 saturated heterocycles. The Morgan fingerprint density at radius 2 is 2.26 bits per heavy atom. The standard InChI is InChI=1S/C19H16N2O4S2/c1-3-24-18(23)15-11(2)20-19-21(16(15)13-7-5-9-26-13)17(22)14(27-19)10-12-6-4-8-25-12/h4-10,16H,3H2,1-2H3/b14-10-/t16-/m0/s1. The highest BCUT2D eigenvalue weighted by molar-refractivity contribution is 7.10. The molecule has 0 amide bonds. The van der Waals surface area contributed by atoms with Crippen LogP contribution in [0.3, 0.4) is 0 Å². The summed E-state index contributed by atoms with van der Waals surface area (Å²) >= 11 is 2.77. The topological polar surface area (TPSA) is 73.8 Å². The summed E-state index contributed by atoms with van der Waals surface area (Å²) in [7, 11) is 0. The van der Waals surface area contributed by atoms with Crippen LogP contribution in [-0.2, 0) is 9.53 Å². The van der Waals surface area contributed by atoms with Crippen LogP contribution >= 0.6 is 22.7 Å². The van der Waals surface area contributed by atoms with Crippen LogP contribution in [0.1, 0.15) is 30.5 Å². The van der Waals surface area contributed by atoms with Gasteiger partial charge in [-0.1, -0.05) is 17.4 Å².